The lowest BCUT2D eigenvalue weighted by atomic mass is 10.2. The first-order valence-corrected chi connectivity index (χ1v) is 10.2. The maximum Gasteiger partial charge on any atom is 0.269 e. The maximum atomic E-state index is 10.8. The number of para-hydroxylation sites is 1. The summed E-state index contributed by atoms with van der Waals surface area (Å²) in [5, 5.41) is 12.8. The van der Waals surface area contributed by atoms with Gasteiger partial charge in [-0.2, -0.15) is 0 Å². The van der Waals surface area contributed by atoms with Crippen molar-refractivity contribution in [3.8, 4) is 0 Å². The lowest BCUT2D eigenvalue weighted by molar-refractivity contribution is -0.384. The van der Waals surface area contributed by atoms with Crippen LogP contribution in [0, 0.1) is 10.1 Å². The fourth-order valence-electron chi connectivity index (χ4n) is 3.14. The van der Waals surface area contributed by atoms with Crippen LogP contribution in [-0.2, 0) is 12.3 Å². The number of non-ortho nitro benzene ring substituents is 1. The van der Waals surface area contributed by atoms with Gasteiger partial charge >= 0.3 is 0 Å². The van der Waals surface area contributed by atoms with E-state index >= 15 is 0 Å². The highest BCUT2D eigenvalue weighted by Crippen LogP contribution is 2.33. The van der Waals surface area contributed by atoms with E-state index in [-0.39, 0.29) is 10.6 Å². The van der Waals surface area contributed by atoms with Gasteiger partial charge in [-0.25, -0.2) is 0 Å². The van der Waals surface area contributed by atoms with Crippen LogP contribution in [0.5, 0.6) is 0 Å². The molecule has 0 saturated heterocycles. The van der Waals surface area contributed by atoms with Crippen molar-refractivity contribution in [2.45, 2.75) is 17.2 Å². The lowest BCUT2D eigenvalue weighted by Gasteiger charge is -2.07. The third-order valence-corrected chi connectivity index (χ3v) is 6.07. The summed E-state index contributed by atoms with van der Waals surface area (Å²) in [6.45, 7) is 0.707. The summed E-state index contributed by atoms with van der Waals surface area (Å²) < 4.78 is 2.22. The Balaban J connectivity index is 1.59. The molecular formula is C22H17ClN2O2S. The van der Waals surface area contributed by atoms with Gasteiger partial charge in [0.1, 0.15) is 0 Å². The highest BCUT2D eigenvalue weighted by molar-refractivity contribution is 7.98. The van der Waals surface area contributed by atoms with Gasteiger partial charge in [-0.15, -0.1) is 11.8 Å². The quantitative estimate of drug-likeness (QED) is 0.206. The second kappa shape index (κ2) is 8.09. The molecule has 0 amide bonds. The maximum absolute atomic E-state index is 10.8. The summed E-state index contributed by atoms with van der Waals surface area (Å²) in [5.74, 6) is 0.748. The van der Waals surface area contributed by atoms with Crippen molar-refractivity contribution in [1.82, 2.24) is 4.57 Å². The fourth-order valence-corrected chi connectivity index (χ4v) is 4.38. The Labute approximate surface area is 171 Å². The topological polar surface area (TPSA) is 48.1 Å². The van der Waals surface area contributed by atoms with E-state index in [1.165, 1.54) is 10.3 Å². The molecule has 0 saturated carbocycles. The molecule has 0 aliphatic carbocycles. The second-order valence-electron chi connectivity index (χ2n) is 6.44. The van der Waals surface area contributed by atoms with Crippen LogP contribution in [0.3, 0.4) is 0 Å². The van der Waals surface area contributed by atoms with Gasteiger partial charge in [0, 0.05) is 51.4 Å². The zero-order chi connectivity index (χ0) is 19.5. The number of hydrogen-bond acceptors (Lipinski definition) is 3. The Morgan fingerprint density at radius 1 is 0.964 bits per heavy atom. The van der Waals surface area contributed by atoms with Crippen molar-refractivity contribution < 1.29 is 4.92 Å². The van der Waals surface area contributed by atoms with E-state index < -0.39 is 0 Å². The number of thioether (sulfide) groups is 1. The molecule has 4 aromatic rings. The first-order valence-electron chi connectivity index (χ1n) is 8.79. The van der Waals surface area contributed by atoms with Crippen molar-refractivity contribution in [3.05, 3.63) is 105 Å². The first kappa shape index (κ1) is 18.6. The molecule has 0 radical (unpaired) electrons. The number of benzene rings is 3. The summed E-state index contributed by atoms with van der Waals surface area (Å²) in [7, 11) is 0. The number of nitrogens with zero attached hydrogens (tertiary/aromatic N) is 2. The number of nitro benzene ring substituents is 1. The van der Waals surface area contributed by atoms with E-state index in [1.54, 1.807) is 23.9 Å². The monoisotopic (exact) mass is 408 g/mol. The van der Waals surface area contributed by atoms with Gasteiger partial charge in [-0.05, 0) is 23.3 Å². The fraction of sp³-hybridized carbons (Fsp3) is 0.0909. The summed E-state index contributed by atoms with van der Waals surface area (Å²) in [6, 6.07) is 22.9. The molecule has 0 bridgehead atoms. The van der Waals surface area contributed by atoms with Gasteiger partial charge in [0.25, 0.3) is 5.69 Å². The van der Waals surface area contributed by atoms with Crippen molar-refractivity contribution in [2.24, 2.45) is 0 Å². The Morgan fingerprint density at radius 3 is 2.43 bits per heavy atom. The number of rotatable bonds is 6. The van der Waals surface area contributed by atoms with E-state index in [4.69, 9.17) is 11.6 Å². The van der Waals surface area contributed by atoms with Crippen LogP contribution in [-0.4, -0.2) is 9.49 Å². The molecule has 4 nitrogen and oxygen atoms in total. The predicted octanol–water partition coefficient (Wildman–Crippen LogP) is 6.54. The molecule has 0 unspecified atom stereocenters. The third kappa shape index (κ3) is 3.91. The van der Waals surface area contributed by atoms with Crippen LogP contribution >= 0.6 is 23.4 Å². The Bertz CT molecular complexity index is 1140. The van der Waals surface area contributed by atoms with Crippen LogP contribution in [0.4, 0.5) is 5.69 Å². The van der Waals surface area contributed by atoms with Crippen LogP contribution in [0.25, 0.3) is 10.9 Å². The smallest absolute Gasteiger partial charge is 0.269 e. The molecule has 1 aromatic heterocycles. The van der Waals surface area contributed by atoms with E-state index in [0.717, 1.165) is 27.4 Å². The van der Waals surface area contributed by atoms with Gasteiger partial charge in [-0.1, -0.05) is 60.1 Å². The van der Waals surface area contributed by atoms with Gasteiger partial charge in [0.05, 0.1) is 4.92 Å². The molecule has 0 atom stereocenters. The number of nitro groups is 1. The highest BCUT2D eigenvalue weighted by atomic mass is 35.5. The average molecular weight is 409 g/mol. The molecule has 0 N–H and O–H groups in total. The average Bonchev–Trinajstić information content (AvgIpc) is 3.06. The highest BCUT2D eigenvalue weighted by Gasteiger charge is 2.11. The molecule has 6 heteroatoms. The standard InChI is InChI=1S/C22H17ClN2O2S/c23-20-7-3-1-5-17(20)13-24-14-22(19-6-2-4-8-21(19)24)28-15-16-9-11-18(12-10-16)25(26)27/h1-12,14H,13,15H2. The minimum Gasteiger partial charge on any atom is -0.342 e. The minimum absolute atomic E-state index is 0.116. The first-order chi connectivity index (χ1) is 13.6. The van der Waals surface area contributed by atoms with Crippen molar-refractivity contribution in [3.63, 3.8) is 0 Å². The number of fused-ring (bicyclic) bond motifs is 1. The zero-order valence-corrected chi connectivity index (χ0v) is 16.5. The molecule has 3 aromatic carbocycles. The van der Waals surface area contributed by atoms with E-state index in [9.17, 15) is 10.1 Å². The number of hydrogen-bond donors (Lipinski definition) is 0. The van der Waals surface area contributed by atoms with Gasteiger partial charge in [0.2, 0.25) is 0 Å². The molecular weight excluding hydrogens is 392 g/mol. The molecule has 0 fully saturated rings. The molecule has 1 heterocycles. The van der Waals surface area contributed by atoms with Crippen molar-refractivity contribution >= 4 is 40.0 Å². The van der Waals surface area contributed by atoms with Gasteiger partial charge in [0.15, 0.2) is 0 Å². The lowest BCUT2D eigenvalue weighted by Crippen LogP contribution is -1.98. The van der Waals surface area contributed by atoms with E-state index in [2.05, 4.69) is 22.9 Å². The normalized spacial score (nSPS) is 11.0. The Hall–Kier alpha value is -2.76. The SMILES string of the molecule is O=[N+]([O-])c1ccc(CSc2cn(Cc3ccccc3Cl)c3ccccc23)cc1. The molecule has 0 aliphatic rings. The van der Waals surface area contributed by atoms with Gasteiger partial charge < -0.3 is 4.57 Å². The van der Waals surface area contributed by atoms with Gasteiger partial charge in [-0.3, -0.25) is 10.1 Å². The van der Waals surface area contributed by atoms with Crippen molar-refractivity contribution in [2.75, 3.05) is 0 Å². The second-order valence-corrected chi connectivity index (χ2v) is 7.87. The molecule has 0 aliphatic heterocycles. The van der Waals surface area contributed by atoms with Crippen LogP contribution in [0.2, 0.25) is 5.02 Å². The largest absolute Gasteiger partial charge is 0.342 e. The third-order valence-electron chi connectivity index (χ3n) is 4.59. The summed E-state index contributed by atoms with van der Waals surface area (Å²) in [4.78, 5) is 11.6. The van der Waals surface area contributed by atoms with E-state index in [0.29, 0.717) is 6.54 Å². The summed E-state index contributed by atoms with van der Waals surface area (Å²) in [6.07, 6.45) is 2.16. The predicted molar refractivity (Wildman–Crippen MR) is 115 cm³/mol. The number of halogens is 1. The Morgan fingerprint density at radius 2 is 1.68 bits per heavy atom. The van der Waals surface area contributed by atoms with E-state index in [1.807, 2.05) is 48.5 Å². The van der Waals surface area contributed by atoms with Crippen molar-refractivity contribution in [1.29, 1.82) is 0 Å². The van der Waals surface area contributed by atoms with Crippen LogP contribution in [0.15, 0.2) is 83.9 Å². The molecule has 28 heavy (non-hydrogen) atoms. The molecule has 140 valence electrons. The Kier molecular flexibility index (Phi) is 5.37. The number of aromatic nitrogens is 1. The molecule has 0 spiro atoms. The summed E-state index contributed by atoms with van der Waals surface area (Å²) >= 11 is 8.07. The van der Waals surface area contributed by atoms with Crippen LogP contribution in [0.1, 0.15) is 11.1 Å². The van der Waals surface area contributed by atoms with Crippen LogP contribution < -0.4 is 0 Å². The zero-order valence-electron chi connectivity index (χ0n) is 14.9. The minimum atomic E-state index is -0.376. The summed E-state index contributed by atoms with van der Waals surface area (Å²) in [5.41, 5.74) is 3.41. The molecule has 4 rings (SSSR count).